The van der Waals surface area contributed by atoms with Crippen molar-refractivity contribution >= 4 is 22.7 Å². The fraction of sp³-hybridized carbons (Fsp3) is 0.241. The molecule has 0 N–H and O–H groups in total. The Morgan fingerprint density at radius 3 is 2.14 bits per heavy atom. The van der Waals surface area contributed by atoms with Gasteiger partial charge < -0.3 is 9.47 Å². The number of aryl methyl sites for hydroxylation is 2. The molecule has 4 aromatic rings. The molecule has 0 bridgehead atoms. The summed E-state index contributed by atoms with van der Waals surface area (Å²) in [6.07, 6.45) is 1.53. The molecular weight excluding hydrogens is 470 g/mol. The molecule has 2 heterocycles. The second kappa shape index (κ2) is 10.3. The van der Waals surface area contributed by atoms with Gasteiger partial charge in [0.2, 0.25) is 0 Å². The summed E-state index contributed by atoms with van der Waals surface area (Å²) in [4.78, 5) is 44.9. The summed E-state index contributed by atoms with van der Waals surface area (Å²) in [6, 6.07) is 19.8. The number of ether oxygens (including phenoxy) is 2. The van der Waals surface area contributed by atoms with E-state index in [-0.39, 0.29) is 23.9 Å². The average molecular weight is 498 g/mol. The van der Waals surface area contributed by atoms with Crippen molar-refractivity contribution in [3.8, 4) is 11.5 Å². The first kappa shape index (κ1) is 24.2. The lowest BCUT2D eigenvalue weighted by Crippen LogP contribution is -2.32. The van der Waals surface area contributed by atoms with Gasteiger partial charge in [0.25, 0.3) is 17.4 Å². The van der Waals surface area contributed by atoms with Crippen LogP contribution in [0.2, 0.25) is 0 Å². The van der Waals surface area contributed by atoms with Crippen LogP contribution in [0.15, 0.2) is 71.5 Å². The summed E-state index contributed by atoms with van der Waals surface area (Å²) < 4.78 is 12.4. The maximum Gasteiger partial charge on any atom is 0.261 e. The highest BCUT2D eigenvalue weighted by Crippen LogP contribution is 2.28. The van der Waals surface area contributed by atoms with Crippen LogP contribution in [0.25, 0.3) is 10.9 Å². The molecule has 8 nitrogen and oxygen atoms in total. The maximum atomic E-state index is 13.4. The van der Waals surface area contributed by atoms with Gasteiger partial charge in [-0.2, -0.15) is 0 Å². The predicted molar refractivity (Wildman–Crippen MR) is 139 cm³/mol. The molecule has 1 aliphatic heterocycles. The molecular formula is C29H27N3O5. The van der Waals surface area contributed by atoms with E-state index in [0.717, 1.165) is 5.56 Å². The van der Waals surface area contributed by atoms with Crippen molar-refractivity contribution in [1.82, 2.24) is 14.5 Å². The highest BCUT2D eigenvalue weighted by Gasteiger charge is 2.34. The number of amides is 2. The van der Waals surface area contributed by atoms with Gasteiger partial charge in [0, 0.05) is 19.5 Å². The number of benzene rings is 3. The SMILES string of the molecule is COc1ccc(CCn2c(CCCN3C(=O)c4ccccc4C3=O)nc3ccccc3c2=O)cc1OC. The van der Waals surface area contributed by atoms with E-state index >= 15 is 0 Å². The number of carbonyl (C=O) groups is 2. The Kier molecular flexibility index (Phi) is 6.72. The number of carbonyl (C=O) groups excluding carboxylic acids is 2. The van der Waals surface area contributed by atoms with E-state index in [1.54, 1.807) is 49.1 Å². The molecule has 2 amide bonds. The fourth-order valence-electron chi connectivity index (χ4n) is 4.75. The molecule has 1 aliphatic rings. The smallest absolute Gasteiger partial charge is 0.261 e. The van der Waals surface area contributed by atoms with Gasteiger partial charge in [0.05, 0.1) is 36.2 Å². The number of imide groups is 1. The molecule has 8 heteroatoms. The van der Waals surface area contributed by atoms with E-state index in [1.807, 2.05) is 36.4 Å². The van der Waals surface area contributed by atoms with Crippen molar-refractivity contribution in [1.29, 1.82) is 0 Å². The molecule has 0 atom stereocenters. The molecule has 188 valence electrons. The highest BCUT2D eigenvalue weighted by atomic mass is 16.5. The lowest BCUT2D eigenvalue weighted by Gasteiger charge is -2.16. The molecule has 1 aromatic heterocycles. The molecule has 3 aromatic carbocycles. The van der Waals surface area contributed by atoms with Gasteiger partial charge in [-0.15, -0.1) is 0 Å². The van der Waals surface area contributed by atoms with Crippen molar-refractivity contribution in [3.05, 3.63) is 99.6 Å². The molecule has 0 unspecified atom stereocenters. The number of hydrogen-bond donors (Lipinski definition) is 0. The average Bonchev–Trinajstić information content (AvgIpc) is 3.17. The zero-order chi connectivity index (χ0) is 25.9. The van der Waals surface area contributed by atoms with Crippen LogP contribution in [0.3, 0.4) is 0 Å². The summed E-state index contributed by atoms with van der Waals surface area (Å²) >= 11 is 0. The number of rotatable bonds is 9. The first-order chi connectivity index (χ1) is 18.0. The quantitative estimate of drug-likeness (QED) is 0.326. The molecule has 0 fully saturated rings. The Bertz CT molecular complexity index is 1520. The lowest BCUT2D eigenvalue weighted by molar-refractivity contribution is 0.0652. The molecule has 0 radical (unpaired) electrons. The fourth-order valence-corrected chi connectivity index (χ4v) is 4.75. The van der Waals surface area contributed by atoms with E-state index in [4.69, 9.17) is 14.5 Å². The van der Waals surface area contributed by atoms with Crippen LogP contribution in [0, 0.1) is 0 Å². The van der Waals surface area contributed by atoms with Gasteiger partial charge in [-0.3, -0.25) is 23.9 Å². The van der Waals surface area contributed by atoms with Crippen molar-refractivity contribution in [2.24, 2.45) is 0 Å². The predicted octanol–water partition coefficient (Wildman–Crippen LogP) is 3.89. The minimum absolute atomic E-state index is 0.109. The number of fused-ring (bicyclic) bond motifs is 2. The summed E-state index contributed by atoms with van der Waals surface area (Å²) in [5, 5.41) is 0.555. The number of para-hydroxylation sites is 1. The summed E-state index contributed by atoms with van der Waals surface area (Å²) in [5.74, 6) is 1.34. The van der Waals surface area contributed by atoms with E-state index in [1.165, 1.54) is 4.90 Å². The standard InChI is InChI=1S/C29H27N3O5/c1-36-24-14-13-19(18-25(24)37-2)15-17-31-26(30-23-11-6-5-10-22(23)29(31)35)12-7-16-32-27(33)20-8-3-4-9-21(20)28(32)34/h3-6,8-11,13-14,18H,7,12,15-17H2,1-2H3. The Balaban J connectivity index is 1.37. The third-order valence-corrected chi connectivity index (χ3v) is 6.67. The minimum Gasteiger partial charge on any atom is -0.493 e. The third kappa shape index (κ3) is 4.58. The molecule has 5 rings (SSSR count). The summed E-state index contributed by atoms with van der Waals surface area (Å²) in [5.41, 5.74) is 2.38. The molecule has 0 saturated carbocycles. The second-order valence-corrected chi connectivity index (χ2v) is 8.85. The van der Waals surface area contributed by atoms with Crippen molar-refractivity contribution < 1.29 is 19.1 Å². The van der Waals surface area contributed by atoms with Crippen molar-refractivity contribution in [3.63, 3.8) is 0 Å². The summed E-state index contributed by atoms with van der Waals surface area (Å²) in [6.45, 7) is 0.680. The van der Waals surface area contributed by atoms with E-state index < -0.39 is 0 Å². The van der Waals surface area contributed by atoms with Gasteiger partial charge in [-0.25, -0.2) is 4.98 Å². The third-order valence-electron chi connectivity index (χ3n) is 6.67. The van der Waals surface area contributed by atoms with Gasteiger partial charge in [0.1, 0.15) is 5.82 Å². The first-order valence-corrected chi connectivity index (χ1v) is 12.2. The molecule has 0 aliphatic carbocycles. The molecule has 37 heavy (non-hydrogen) atoms. The van der Waals surface area contributed by atoms with Crippen LogP contribution >= 0.6 is 0 Å². The highest BCUT2D eigenvalue weighted by molar-refractivity contribution is 6.21. The monoisotopic (exact) mass is 497 g/mol. The number of hydrogen-bond acceptors (Lipinski definition) is 6. The van der Waals surface area contributed by atoms with E-state index in [0.29, 0.717) is 65.2 Å². The topological polar surface area (TPSA) is 90.7 Å². The Morgan fingerprint density at radius 1 is 0.757 bits per heavy atom. The minimum atomic E-state index is -0.280. The van der Waals surface area contributed by atoms with Crippen LogP contribution in [0.4, 0.5) is 0 Å². The first-order valence-electron chi connectivity index (χ1n) is 12.2. The zero-order valence-corrected chi connectivity index (χ0v) is 20.8. The van der Waals surface area contributed by atoms with Crippen LogP contribution in [-0.2, 0) is 19.4 Å². The maximum absolute atomic E-state index is 13.4. The summed E-state index contributed by atoms with van der Waals surface area (Å²) in [7, 11) is 3.18. The number of nitrogens with zero attached hydrogens (tertiary/aromatic N) is 3. The van der Waals surface area contributed by atoms with Crippen molar-refractivity contribution in [2.45, 2.75) is 25.8 Å². The van der Waals surface area contributed by atoms with E-state index in [2.05, 4.69) is 0 Å². The number of methoxy groups -OCH3 is 2. The van der Waals surface area contributed by atoms with Gasteiger partial charge in [-0.1, -0.05) is 30.3 Å². The largest absolute Gasteiger partial charge is 0.493 e. The van der Waals surface area contributed by atoms with Gasteiger partial charge >= 0.3 is 0 Å². The van der Waals surface area contributed by atoms with E-state index in [9.17, 15) is 14.4 Å². The normalized spacial score (nSPS) is 12.8. The molecule has 0 spiro atoms. The number of aromatic nitrogens is 2. The second-order valence-electron chi connectivity index (χ2n) is 8.85. The lowest BCUT2D eigenvalue weighted by atomic mass is 10.1. The Morgan fingerprint density at radius 2 is 1.43 bits per heavy atom. The van der Waals surface area contributed by atoms with Crippen LogP contribution < -0.4 is 15.0 Å². The Hall–Kier alpha value is -4.46. The Labute approximate surface area is 214 Å². The van der Waals surface area contributed by atoms with Gasteiger partial charge in [-0.05, 0) is 54.8 Å². The van der Waals surface area contributed by atoms with Crippen LogP contribution in [0.1, 0.15) is 38.5 Å². The van der Waals surface area contributed by atoms with Crippen LogP contribution in [-0.4, -0.2) is 47.0 Å². The van der Waals surface area contributed by atoms with Crippen molar-refractivity contribution in [2.75, 3.05) is 20.8 Å². The zero-order valence-electron chi connectivity index (χ0n) is 20.8. The molecule has 0 saturated heterocycles. The van der Waals surface area contributed by atoms with Gasteiger partial charge in [0.15, 0.2) is 11.5 Å². The van der Waals surface area contributed by atoms with Crippen LogP contribution in [0.5, 0.6) is 11.5 Å².